The second-order valence-electron chi connectivity index (χ2n) is 5.68. The third-order valence-electron chi connectivity index (χ3n) is 4.12. The summed E-state index contributed by atoms with van der Waals surface area (Å²) in [6.07, 6.45) is 4.41. The summed E-state index contributed by atoms with van der Waals surface area (Å²) in [4.78, 5) is 0. The maximum Gasteiger partial charge on any atom is 0.124 e. The van der Waals surface area contributed by atoms with Crippen LogP contribution < -0.4 is 0 Å². The summed E-state index contributed by atoms with van der Waals surface area (Å²) in [5.41, 5.74) is 0.386. The summed E-state index contributed by atoms with van der Waals surface area (Å²) in [7, 11) is 0. The maximum absolute atomic E-state index is 13.1. The van der Waals surface area contributed by atoms with Gasteiger partial charge >= 0.3 is 0 Å². The van der Waals surface area contributed by atoms with Crippen LogP contribution in [0.4, 0.5) is 4.39 Å². The quantitative estimate of drug-likeness (QED) is 0.903. The van der Waals surface area contributed by atoms with E-state index in [0.717, 1.165) is 18.4 Å². The topological polar surface area (TPSA) is 44.0 Å². The molecule has 0 aromatic heterocycles. The van der Waals surface area contributed by atoms with Gasteiger partial charge in [-0.05, 0) is 43.4 Å². The van der Waals surface area contributed by atoms with Crippen LogP contribution in [0.1, 0.15) is 36.8 Å². The Labute approximate surface area is 116 Å². The standard InChI is InChI=1S/C15H16FNOS/c16-12-2-1-10(11(5-12)9-17)6-15(18)7-13-3-4-14(8-15)19-13/h1-2,5,13-14,18H,3-4,6-8H2. The van der Waals surface area contributed by atoms with E-state index in [1.54, 1.807) is 6.07 Å². The number of nitriles is 1. The van der Waals surface area contributed by atoms with E-state index in [-0.39, 0.29) is 0 Å². The molecule has 2 heterocycles. The third-order valence-corrected chi connectivity index (χ3v) is 5.70. The Hall–Kier alpha value is -1.05. The van der Waals surface area contributed by atoms with Crippen LogP contribution in [0.5, 0.6) is 0 Å². The van der Waals surface area contributed by atoms with Crippen LogP contribution in [0.15, 0.2) is 18.2 Å². The zero-order chi connectivity index (χ0) is 13.5. The van der Waals surface area contributed by atoms with Crippen LogP contribution in [0.3, 0.4) is 0 Å². The van der Waals surface area contributed by atoms with Crippen molar-refractivity contribution >= 4 is 11.8 Å². The van der Waals surface area contributed by atoms with Gasteiger partial charge in [0.25, 0.3) is 0 Å². The molecule has 1 N–H and O–H groups in total. The SMILES string of the molecule is N#Cc1cc(F)ccc1CC1(O)CC2CCC(C1)S2. The molecule has 3 rings (SSSR count). The minimum absolute atomic E-state index is 0.346. The van der Waals surface area contributed by atoms with Crippen molar-refractivity contribution in [3.05, 3.63) is 35.1 Å². The summed E-state index contributed by atoms with van der Waals surface area (Å²) >= 11 is 1.99. The van der Waals surface area contributed by atoms with Gasteiger partial charge in [0.05, 0.1) is 17.2 Å². The van der Waals surface area contributed by atoms with Gasteiger partial charge < -0.3 is 5.11 Å². The van der Waals surface area contributed by atoms with Gasteiger partial charge in [-0.15, -0.1) is 0 Å². The highest BCUT2D eigenvalue weighted by Crippen LogP contribution is 2.48. The first-order valence-corrected chi connectivity index (χ1v) is 7.59. The number of halogens is 1. The van der Waals surface area contributed by atoms with Gasteiger partial charge in [-0.3, -0.25) is 0 Å². The lowest BCUT2D eigenvalue weighted by molar-refractivity contribution is 0.0241. The number of fused-ring (bicyclic) bond motifs is 2. The Morgan fingerprint density at radius 3 is 2.68 bits per heavy atom. The molecule has 2 nitrogen and oxygen atoms in total. The van der Waals surface area contributed by atoms with E-state index in [0.29, 0.717) is 22.5 Å². The van der Waals surface area contributed by atoms with Crippen LogP contribution in [-0.4, -0.2) is 21.2 Å². The van der Waals surface area contributed by atoms with Crippen molar-refractivity contribution in [2.75, 3.05) is 0 Å². The monoisotopic (exact) mass is 277 g/mol. The van der Waals surface area contributed by atoms with Gasteiger partial charge in [0.1, 0.15) is 5.82 Å². The Bertz CT molecular complexity index is 527. The largest absolute Gasteiger partial charge is 0.389 e. The summed E-state index contributed by atoms with van der Waals surface area (Å²) in [5.74, 6) is -0.397. The molecule has 0 radical (unpaired) electrons. The van der Waals surface area contributed by atoms with Gasteiger partial charge in [-0.1, -0.05) is 6.07 Å². The molecule has 2 aliphatic heterocycles. The van der Waals surface area contributed by atoms with Crippen molar-refractivity contribution < 1.29 is 9.50 Å². The molecule has 19 heavy (non-hydrogen) atoms. The first kappa shape index (κ1) is 13.0. The number of hydrogen-bond acceptors (Lipinski definition) is 3. The van der Waals surface area contributed by atoms with Crippen molar-refractivity contribution in [2.24, 2.45) is 0 Å². The second-order valence-corrected chi connectivity index (χ2v) is 7.29. The highest BCUT2D eigenvalue weighted by Gasteiger charge is 2.43. The summed E-state index contributed by atoms with van der Waals surface area (Å²) < 4.78 is 13.1. The first-order valence-electron chi connectivity index (χ1n) is 6.64. The molecular weight excluding hydrogens is 261 g/mol. The summed E-state index contributed by atoms with van der Waals surface area (Å²) in [5, 5.41) is 20.9. The van der Waals surface area contributed by atoms with Crippen LogP contribution in [0, 0.1) is 17.1 Å². The fourth-order valence-corrected chi connectivity index (χ4v) is 5.22. The molecule has 2 fully saturated rings. The molecular formula is C15H16FNOS. The molecule has 2 bridgehead atoms. The van der Waals surface area contributed by atoms with Crippen molar-refractivity contribution in [1.29, 1.82) is 5.26 Å². The molecule has 0 saturated carbocycles. The molecule has 2 unspecified atom stereocenters. The van der Waals surface area contributed by atoms with Gasteiger partial charge in [0.2, 0.25) is 0 Å². The Balaban J connectivity index is 1.83. The van der Waals surface area contributed by atoms with Crippen molar-refractivity contribution in [3.8, 4) is 6.07 Å². The number of thioether (sulfide) groups is 1. The van der Waals surface area contributed by atoms with E-state index in [1.165, 1.54) is 25.0 Å². The molecule has 100 valence electrons. The molecule has 2 aliphatic rings. The predicted molar refractivity (Wildman–Crippen MR) is 73.4 cm³/mol. The van der Waals surface area contributed by atoms with E-state index >= 15 is 0 Å². The molecule has 0 amide bonds. The molecule has 4 heteroatoms. The molecule has 2 saturated heterocycles. The van der Waals surface area contributed by atoms with E-state index in [2.05, 4.69) is 0 Å². The molecule has 1 aromatic rings. The van der Waals surface area contributed by atoms with Crippen LogP contribution in [-0.2, 0) is 6.42 Å². The fraction of sp³-hybridized carbons (Fsp3) is 0.533. The predicted octanol–water partition coefficient (Wildman–Crippen LogP) is 3.03. The molecule has 0 aliphatic carbocycles. The van der Waals surface area contributed by atoms with Gasteiger partial charge in [-0.2, -0.15) is 17.0 Å². The molecule has 2 atom stereocenters. The van der Waals surface area contributed by atoms with Gasteiger partial charge in [0.15, 0.2) is 0 Å². The Morgan fingerprint density at radius 1 is 1.37 bits per heavy atom. The average molecular weight is 277 g/mol. The van der Waals surface area contributed by atoms with Crippen LogP contribution in [0.2, 0.25) is 0 Å². The van der Waals surface area contributed by atoms with Gasteiger partial charge in [0, 0.05) is 16.9 Å². The lowest BCUT2D eigenvalue weighted by Crippen LogP contribution is -2.39. The normalized spacial score (nSPS) is 33.1. The lowest BCUT2D eigenvalue weighted by atomic mass is 9.85. The van der Waals surface area contributed by atoms with Crippen molar-refractivity contribution in [2.45, 2.75) is 48.2 Å². The van der Waals surface area contributed by atoms with Gasteiger partial charge in [-0.25, -0.2) is 4.39 Å². The number of aliphatic hydroxyl groups is 1. The maximum atomic E-state index is 13.1. The number of rotatable bonds is 2. The number of hydrogen-bond donors (Lipinski definition) is 1. The van der Waals surface area contributed by atoms with Crippen molar-refractivity contribution in [3.63, 3.8) is 0 Å². The highest BCUT2D eigenvalue weighted by molar-refractivity contribution is 8.00. The third kappa shape index (κ3) is 2.63. The van der Waals surface area contributed by atoms with Crippen molar-refractivity contribution in [1.82, 2.24) is 0 Å². The van der Waals surface area contributed by atoms with Crippen LogP contribution >= 0.6 is 11.8 Å². The lowest BCUT2D eigenvalue weighted by Gasteiger charge is -2.36. The smallest absolute Gasteiger partial charge is 0.124 e. The highest BCUT2D eigenvalue weighted by atomic mass is 32.2. The van der Waals surface area contributed by atoms with E-state index in [4.69, 9.17) is 5.26 Å². The zero-order valence-electron chi connectivity index (χ0n) is 10.6. The number of nitrogens with zero attached hydrogens (tertiary/aromatic N) is 1. The first-order chi connectivity index (χ1) is 9.08. The minimum Gasteiger partial charge on any atom is -0.389 e. The summed E-state index contributed by atoms with van der Waals surface area (Å²) in [6, 6.07) is 6.28. The molecule has 0 spiro atoms. The van der Waals surface area contributed by atoms with E-state index in [9.17, 15) is 9.50 Å². The fourth-order valence-electron chi connectivity index (χ4n) is 3.32. The average Bonchev–Trinajstić information content (AvgIpc) is 2.71. The minimum atomic E-state index is -0.722. The Morgan fingerprint density at radius 2 is 2.05 bits per heavy atom. The van der Waals surface area contributed by atoms with E-state index in [1.807, 2.05) is 17.8 Å². The van der Waals surface area contributed by atoms with Crippen LogP contribution in [0.25, 0.3) is 0 Å². The molecule has 1 aromatic carbocycles. The van der Waals surface area contributed by atoms with E-state index < -0.39 is 11.4 Å². The second kappa shape index (κ2) is 4.81. The zero-order valence-corrected chi connectivity index (χ0v) is 11.4. The summed E-state index contributed by atoms with van der Waals surface area (Å²) in [6.45, 7) is 0. The Kier molecular flexibility index (Phi) is 3.28. The number of benzene rings is 1.